The van der Waals surface area contributed by atoms with Crippen LogP contribution in [-0.4, -0.2) is 6.04 Å². The zero-order valence-electron chi connectivity index (χ0n) is 11.2. The molecular formula is C15H18BrNOS. The minimum absolute atomic E-state index is 0.494. The first-order valence-corrected chi connectivity index (χ1v) is 7.99. The monoisotopic (exact) mass is 339 g/mol. The number of rotatable bonds is 6. The molecule has 1 aromatic heterocycles. The van der Waals surface area contributed by atoms with Gasteiger partial charge in [0.15, 0.2) is 0 Å². The van der Waals surface area contributed by atoms with Gasteiger partial charge in [-0.15, -0.1) is 11.3 Å². The van der Waals surface area contributed by atoms with Gasteiger partial charge in [0.2, 0.25) is 0 Å². The Morgan fingerprint density at radius 3 is 2.79 bits per heavy atom. The minimum atomic E-state index is 0.494. The van der Waals surface area contributed by atoms with Crippen LogP contribution in [0.5, 0.6) is 5.75 Å². The molecule has 0 aliphatic rings. The summed E-state index contributed by atoms with van der Waals surface area (Å²) in [6.07, 6.45) is 0. The van der Waals surface area contributed by atoms with Crippen molar-refractivity contribution in [2.45, 2.75) is 33.0 Å². The number of ether oxygens (including phenoxy) is 1. The fraction of sp³-hybridized carbons (Fsp3) is 0.333. The average Bonchev–Trinajstić information content (AvgIpc) is 2.88. The standard InChI is InChI=1S/C15H18BrNOS/c1-11(2)17-9-12-5-6-15(14(16)8-12)18-10-13-4-3-7-19-13/h3-8,11,17H,9-10H2,1-2H3. The smallest absolute Gasteiger partial charge is 0.134 e. The van der Waals surface area contributed by atoms with Crippen molar-refractivity contribution in [3.05, 3.63) is 50.6 Å². The number of halogens is 1. The maximum Gasteiger partial charge on any atom is 0.134 e. The summed E-state index contributed by atoms with van der Waals surface area (Å²) in [7, 11) is 0. The van der Waals surface area contributed by atoms with Crippen molar-refractivity contribution in [3.8, 4) is 5.75 Å². The maximum atomic E-state index is 5.80. The van der Waals surface area contributed by atoms with Crippen LogP contribution in [0, 0.1) is 0 Å². The van der Waals surface area contributed by atoms with Crippen molar-refractivity contribution in [3.63, 3.8) is 0 Å². The summed E-state index contributed by atoms with van der Waals surface area (Å²) in [6, 6.07) is 10.9. The van der Waals surface area contributed by atoms with Crippen molar-refractivity contribution < 1.29 is 4.74 Å². The quantitative estimate of drug-likeness (QED) is 0.831. The first kappa shape index (κ1) is 14.6. The van der Waals surface area contributed by atoms with Gasteiger partial charge in [-0.2, -0.15) is 0 Å². The van der Waals surface area contributed by atoms with Crippen molar-refractivity contribution in [1.29, 1.82) is 0 Å². The van der Waals surface area contributed by atoms with Crippen LogP contribution in [0.25, 0.3) is 0 Å². The molecule has 0 unspecified atom stereocenters. The van der Waals surface area contributed by atoms with E-state index in [4.69, 9.17) is 4.74 Å². The van der Waals surface area contributed by atoms with E-state index in [-0.39, 0.29) is 0 Å². The number of thiophene rings is 1. The van der Waals surface area contributed by atoms with E-state index in [1.807, 2.05) is 12.1 Å². The molecule has 1 aromatic carbocycles. The Labute approximate surface area is 126 Å². The third-order valence-corrected chi connectivity index (χ3v) is 4.13. The second kappa shape index (κ2) is 7.08. The van der Waals surface area contributed by atoms with Gasteiger partial charge < -0.3 is 10.1 Å². The number of nitrogens with one attached hydrogen (secondary N) is 1. The van der Waals surface area contributed by atoms with E-state index >= 15 is 0 Å². The molecule has 19 heavy (non-hydrogen) atoms. The second-order valence-electron chi connectivity index (χ2n) is 4.67. The summed E-state index contributed by atoms with van der Waals surface area (Å²) in [5.74, 6) is 0.890. The lowest BCUT2D eigenvalue weighted by Gasteiger charge is -2.11. The Morgan fingerprint density at radius 1 is 1.32 bits per heavy atom. The molecule has 0 radical (unpaired) electrons. The van der Waals surface area contributed by atoms with Gasteiger partial charge in [0.05, 0.1) is 4.47 Å². The molecule has 0 aliphatic heterocycles. The summed E-state index contributed by atoms with van der Waals surface area (Å²) in [6.45, 7) is 5.79. The predicted molar refractivity (Wildman–Crippen MR) is 84.8 cm³/mol. The fourth-order valence-electron chi connectivity index (χ4n) is 1.64. The first-order chi connectivity index (χ1) is 9.15. The summed E-state index contributed by atoms with van der Waals surface area (Å²) in [5.41, 5.74) is 1.25. The fourth-order valence-corrected chi connectivity index (χ4v) is 2.79. The Morgan fingerprint density at radius 2 is 2.16 bits per heavy atom. The van der Waals surface area contributed by atoms with Crippen molar-refractivity contribution in [2.24, 2.45) is 0 Å². The van der Waals surface area contributed by atoms with Crippen LogP contribution in [0.15, 0.2) is 40.2 Å². The molecule has 0 saturated carbocycles. The normalized spacial score (nSPS) is 10.9. The Kier molecular flexibility index (Phi) is 5.43. The zero-order chi connectivity index (χ0) is 13.7. The largest absolute Gasteiger partial charge is 0.487 e. The molecule has 0 saturated heterocycles. The molecule has 4 heteroatoms. The highest BCUT2D eigenvalue weighted by Gasteiger charge is 2.04. The van der Waals surface area contributed by atoms with Gasteiger partial charge in [-0.25, -0.2) is 0 Å². The minimum Gasteiger partial charge on any atom is -0.487 e. The summed E-state index contributed by atoms with van der Waals surface area (Å²) in [5, 5.41) is 5.47. The van der Waals surface area contributed by atoms with Crippen LogP contribution in [-0.2, 0) is 13.2 Å². The molecular weight excluding hydrogens is 322 g/mol. The summed E-state index contributed by atoms with van der Waals surface area (Å²) < 4.78 is 6.81. The first-order valence-electron chi connectivity index (χ1n) is 6.32. The van der Waals surface area contributed by atoms with Crippen molar-refractivity contribution >= 4 is 27.3 Å². The van der Waals surface area contributed by atoms with Crippen LogP contribution in [0.2, 0.25) is 0 Å². The number of hydrogen-bond acceptors (Lipinski definition) is 3. The SMILES string of the molecule is CC(C)NCc1ccc(OCc2cccs2)c(Br)c1. The van der Waals surface area contributed by atoms with E-state index in [1.165, 1.54) is 10.4 Å². The van der Waals surface area contributed by atoms with Crippen molar-refractivity contribution in [1.82, 2.24) is 5.32 Å². The zero-order valence-corrected chi connectivity index (χ0v) is 13.6. The van der Waals surface area contributed by atoms with Crippen LogP contribution in [0.3, 0.4) is 0 Å². The second-order valence-corrected chi connectivity index (χ2v) is 6.55. The highest BCUT2D eigenvalue weighted by molar-refractivity contribution is 9.10. The van der Waals surface area contributed by atoms with E-state index in [2.05, 4.69) is 58.7 Å². The molecule has 0 bridgehead atoms. The van der Waals surface area contributed by atoms with Gasteiger partial charge in [-0.1, -0.05) is 26.0 Å². The highest BCUT2D eigenvalue weighted by Crippen LogP contribution is 2.27. The van der Waals surface area contributed by atoms with Crippen LogP contribution >= 0.6 is 27.3 Å². The molecule has 1 heterocycles. The van der Waals surface area contributed by atoms with E-state index < -0.39 is 0 Å². The molecule has 2 rings (SSSR count). The van der Waals surface area contributed by atoms with E-state index in [0.717, 1.165) is 16.8 Å². The highest BCUT2D eigenvalue weighted by atomic mass is 79.9. The van der Waals surface area contributed by atoms with Crippen LogP contribution in [0.4, 0.5) is 0 Å². The lowest BCUT2D eigenvalue weighted by Crippen LogP contribution is -2.21. The third kappa shape index (κ3) is 4.64. The molecule has 2 aromatic rings. The maximum absolute atomic E-state index is 5.80. The number of benzene rings is 1. The van der Waals surface area contributed by atoms with Crippen LogP contribution < -0.4 is 10.1 Å². The third-order valence-electron chi connectivity index (χ3n) is 2.66. The lowest BCUT2D eigenvalue weighted by atomic mass is 10.2. The lowest BCUT2D eigenvalue weighted by molar-refractivity contribution is 0.307. The molecule has 1 N–H and O–H groups in total. The molecule has 102 valence electrons. The Bertz CT molecular complexity index is 511. The van der Waals surface area contributed by atoms with Crippen molar-refractivity contribution in [2.75, 3.05) is 0 Å². The van der Waals surface area contributed by atoms with E-state index in [9.17, 15) is 0 Å². The van der Waals surface area contributed by atoms with Gasteiger partial charge in [-0.3, -0.25) is 0 Å². The van der Waals surface area contributed by atoms with Gasteiger partial charge in [0.25, 0.3) is 0 Å². The Hall–Kier alpha value is -0.840. The van der Waals surface area contributed by atoms with Crippen LogP contribution in [0.1, 0.15) is 24.3 Å². The number of hydrogen-bond donors (Lipinski definition) is 1. The van der Waals surface area contributed by atoms with E-state index in [1.54, 1.807) is 11.3 Å². The van der Waals surface area contributed by atoms with Gasteiger partial charge in [0, 0.05) is 17.5 Å². The Balaban J connectivity index is 1.94. The molecule has 2 nitrogen and oxygen atoms in total. The van der Waals surface area contributed by atoms with Gasteiger partial charge in [-0.05, 0) is 45.1 Å². The molecule has 0 atom stereocenters. The van der Waals surface area contributed by atoms with Gasteiger partial charge in [0.1, 0.15) is 12.4 Å². The average molecular weight is 340 g/mol. The summed E-state index contributed by atoms with van der Waals surface area (Å²) in [4.78, 5) is 1.23. The molecule has 0 amide bonds. The van der Waals surface area contributed by atoms with E-state index in [0.29, 0.717) is 12.6 Å². The van der Waals surface area contributed by atoms with Gasteiger partial charge >= 0.3 is 0 Å². The topological polar surface area (TPSA) is 21.3 Å². The summed E-state index contributed by atoms with van der Waals surface area (Å²) >= 11 is 5.28. The molecule has 0 aliphatic carbocycles. The molecule has 0 spiro atoms. The predicted octanol–water partition coefficient (Wildman–Crippen LogP) is 4.59. The molecule has 0 fully saturated rings.